The molecule has 0 bridgehead atoms. The van der Waals surface area contributed by atoms with E-state index in [-0.39, 0.29) is 41.1 Å². The van der Waals surface area contributed by atoms with E-state index in [4.69, 9.17) is 0 Å². The predicted molar refractivity (Wildman–Crippen MR) is 190 cm³/mol. The molecule has 0 aromatic heterocycles. The summed E-state index contributed by atoms with van der Waals surface area (Å²) in [6, 6.07) is 50.9. The van der Waals surface area contributed by atoms with Gasteiger partial charge in [0.1, 0.15) is 0 Å². The van der Waals surface area contributed by atoms with E-state index in [0.29, 0.717) is 0 Å². The van der Waals surface area contributed by atoms with Gasteiger partial charge in [-0.1, -0.05) is 126 Å². The van der Waals surface area contributed by atoms with E-state index in [2.05, 4.69) is 171 Å². The van der Waals surface area contributed by atoms with Crippen molar-refractivity contribution in [3.63, 3.8) is 0 Å². The van der Waals surface area contributed by atoms with Gasteiger partial charge < -0.3 is 14.9 Å². The zero-order valence-electron chi connectivity index (χ0n) is 23.5. The van der Waals surface area contributed by atoms with Gasteiger partial charge in [0, 0.05) is 0 Å². The summed E-state index contributed by atoms with van der Waals surface area (Å²) < 4.78 is 2.26. The Bertz CT molecular complexity index is 1800. The summed E-state index contributed by atoms with van der Waals surface area (Å²) in [4.78, 5) is 0. The summed E-state index contributed by atoms with van der Waals surface area (Å²) in [7, 11) is -0.823. The minimum atomic E-state index is -0.823. The van der Waals surface area contributed by atoms with Gasteiger partial charge in [-0.3, -0.25) is 0 Å². The molecule has 4 heteroatoms. The predicted octanol–water partition coefficient (Wildman–Crippen LogP) is 10.9. The molecule has 7 aromatic rings. The topological polar surface area (TPSA) is 0 Å². The second-order valence-electron chi connectivity index (χ2n) is 9.68. The third-order valence-corrected chi connectivity index (χ3v) is 11.3. The summed E-state index contributed by atoms with van der Waals surface area (Å²) in [5.74, 6) is 0. The van der Waals surface area contributed by atoms with Crippen LogP contribution in [0.3, 0.4) is 0 Å². The van der Waals surface area contributed by atoms with E-state index in [0.717, 1.165) is 8.95 Å². The number of hydrogen-bond donors (Lipinski definition) is 0. The quantitative estimate of drug-likeness (QED) is 0.121. The molecule has 0 saturated carbocycles. The van der Waals surface area contributed by atoms with E-state index < -0.39 is 7.92 Å². The van der Waals surface area contributed by atoms with Crippen molar-refractivity contribution < 1.29 is 26.2 Å². The maximum atomic E-state index is 3.86. The molecule has 0 radical (unpaired) electrons. The second-order valence-corrected chi connectivity index (χ2v) is 13.5. The Morgan fingerprint density at radius 3 is 1.26 bits per heavy atom. The fourth-order valence-corrected chi connectivity index (χ4v) is 8.97. The molecule has 0 N–H and O–H groups in total. The molecule has 0 unspecified atom stereocenters. The minimum Gasteiger partial charge on any atom is -0.358 e. The van der Waals surface area contributed by atoms with Gasteiger partial charge in [-0.2, -0.15) is 0 Å². The Labute approximate surface area is 286 Å². The number of hydrogen-bond acceptors (Lipinski definition) is 0. The number of rotatable bonds is 5. The van der Waals surface area contributed by atoms with Gasteiger partial charge in [0.15, 0.2) is 0 Å². The van der Waals surface area contributed by atoms with Crippen molar-refractivity contribution in [1.82, 2.24) is 0 Å². The van der Waals surface area contributed by atoms with Gasteiger partial charge in [-0.15, -0.1) is 88.8 Å². The van der Waals surface area contributed by atoms with Gasteiger partial charge in [0.05, 0.1) is 0 Å². The van der Waals surface area contributed by atoms with E-state index in [1.54, 1.807) is 0 Å². The Morgan fingerprint density at radius 2 is 0.857 bits per heavy atom. The van der Waals surface area contributed by atoms with Crippen molar-refractivity contribution in [3.05, 3.63) is 163 Å². The van der Waals surface area contributed by atoms with Gasteiger partial charge in [0.25, 0.3) is 0 Å². The maximum absolute atomic E-state index is 3.86. The Hall–Kier alpha value is -2.41. The molecule has 0 nitrogen and oxygen atoms in total. The molecule has 0 fully saturated rings. The van der Waals surface area contributed by atoms with Crippen LogP contribution >= 0.6 is 39.8 Å². The average Bonchev–Trinajstić information content (AvgIpc) is 3.64. The summed E-state index contributed by atoms with van der Waals surface area (Å²) in [5, 5.41) is 9.24. The van der Waals surface area contributed by atoms with E-state index in [1.165, 1.54) is 59.7 Å². The molecule has 42 heavy (non-hydrogen) atoms. The summed E-state index contributed by atoms with van der Waals surface area (Å²) in [5.41, 5.74) is 4.99. The first-order valence-electron chi connectivity index (χ1n) is 12.9. The van der Waals surface area contributed by atoms with E-state index in [1.807, 2.05) is 0 Å². The Balaban J connectivity index is 0.00000135. The number of fused-ring (bicyclic) bond motifs is 2. The van der Waals surface area contributed by atoms with E-state index >= 15 is 0 Å². The molecule has 7 rings (SSSR count). The first-order valence-corrected chi connectivity index (χ1v) is 15.8. The zero-order chi connectivity index (χ0) is 26.3. The van der Waals surface area contributed by atoms with Crippen LogP contribution in [0.15, 0.2) is 148 Å². The third kappa shape index (κ3) is 6.00. The maximum Gasteiger partial charge on any atom is 4.00 e. The first kappa shape index (κ1) is 32.5. The van der Waals surface area contributed by atoms with Gasteiger partial charge in [-0.05, 0) is 32.8 Å². The fraction of sp³-hybridized carbons (Fsp3) is 0. The Morgan fingerprint density at radius 1 is 0.476 bits per heavy atom. The summed E-state index contributed by atoms with van der Waals surface area (Å²) >= 11 is 7.72. The first-order chi connectivity index (χ1) is 19.2. The molecule has 0 saturated heterocycles. The molecule has 0 heterocycles. The van der Waals surface area contributed by atoms with Crippen molar-refractivity contribution in [1.29, 1.82) is 0 Å². The second kappa shape index (κ2) is 13.9. The third-order valence-electron chi connectivity index (χ3n) is 7.33. The van der Waals surface area contributed by atoms with Crippen LogP contribution < -0.4 is 15.9 Å². The van der Waals surface area contributed by atoms with Crippen molar-refractivity contribution in [2.45, 2.75) is 0 Å². The monoisotopic (exact) mass is 764 g/mol. The van der Waals surface area contributed by atoms with Crippen molar-refractivity contribution in [2.24, 2.45) is 0 Å². The van der Waals surface area contributed by atoms with Crippen LogP contribution in [0.4, 0.5) is 0 Å². The van der Waals surface area contributed by atoms with Crippen LogP contribution in [0.2, 0.25) is 0 Å². The van der Waals surface area contributed by atoms with Gasteiger partial charge in [0.2, 0.25) is 0 Å². The van der Waals surface area contributed by atoms with Gasteiger partial charge in [-0.25, -0.2) is 0 Å². The van der Waals surface area contributed by atoms with Crippen LogP contribution in [0.1, 0.15) is 0 Å². The van der Waals surface area contributed by atoms with Gasteiger partial charge >= 0.3 is 26.2 Å². The average molecular weight is 768 g/mol. The summed E-state index contributed by atoms with van der Waals surface area (Å²) in [6.07, 6.45) is 0. The SMILES string of the molecule is Brc1ccc(P(c2ccccc2)c2ccc(Br)c3[cH-]c(-c4ccccc4)cc23)c2cc(-c3ccccc3)[cH-]c12.[CH3-].[CH3-].[Zr+4]. The van der Waals surface area contributed by atoms with Crippen molar-refractivity contribution in [2.75, 3.05) is 0 Å². The van der Waals surface area contributed by atoms with Crippen molar-refractivity contribution >= 4 is 77.2 Å². The molecule has 0 aliphatic rings. The molecule has 0 amide bonds. The minimum absolute atomic E-state index is 0. The fourth-order valence-electron chi connectivity index (χ4n) is 5.47. The zero-order valence-corrected chi connectivity index (χ0v) is 30.0. The molecule has 0 spiro atoms. The molecular formula is C38H29Br2PZr. The Kier molecular flexibility index (Phi) is 10.8. The van der Waals surface area contributed by atoms with Crippen LogP contribution in [0.25, 0.3) is 43.8 Å². The normalized spacial score (nSPS) is 10.7. The largest absolute Gasteiger partial charge is 4.00 e. The molecule has 204 valence electrons. The van der Waals surface area contributed by atoms with E-state index in [9.17, 15) is 0 Å². The molecule has 0 aliphatic heterocycles. The molecule has 0 atom stereocenters. The van der Waals surface area contributed by atoms with Crippen LogP contribution in [0.5, 0.6) is 0 Å². The number of halogens is 2. The van der Waals surface area contributed by atoms with Crippen molar-refractivity contribution in [3.8, 4) is 22.3 Å². The standard InChI is InChI=1S/C36H23Br2P.2CH3.Zr/c37-33-16-18-35(31-22-26(20-29(31)33)24-10-4-1-5-11-24)39(28-14-8-3-9-15-28)36-19-17-34(38)30-21-27(23-32(30)36)25-12-6-2-7-13-25;;;/h1-23H;2*1H3;/q-2;2*-1;+4. The molecule has 7 aromatic carbocycles. The molecular weight excluding hydrogens is 738 g/mol. The van der Waals surface area contributed by atoms with Crippen LogP contribution in [0, 0.1) is 14.9 Å². The molecule has 0 aliphatic carbocycles. The smallest absolute Gasteiger partial charge is 0.358 e. The van der Waals surface area contributed by atoms with Crippen LogP contribution in [-0.2, 0) is 26.2 Å². The van der Waals surface area contributed by atoms with Crippen LogP contribution in [-0.4, -0.2) is 0 Å². The summed E-state index contributed by atoms with van der Waals surface area (Å²) in [6.45, 7) is 0. The number of benzene rings is 5.